The van der Waals surface area contributed by atoms with Crippen molar-refractivity contribution in [3.05, 3.63) is 89.7 Å². The molecule has 0 aliphatic rings. The summed E-state index contributed by atoms with van der Waals surface area (Å²) in [6, 6.07) is 20.3. The van der Waals surface area contributed by atoms with Crippen molar-refractivity contribution in [3.63, 3.8) is 0 Å². The summed E-state index contributed by atoms with van der Waals surface area (Å²) < 4.78 is 8.38. The van der Waals surface area contributed by atoms with E-state index in [1.807, 2.05) is 64.3 Å². The van der Waals surface area contributed by atoms with Crippen LogP contribution in [0, 0.1) is 0 Å². The molecule has 41 heavy (non-hydrogen) atoms. The minimum Gasteiger partial charge on any atom is -0.493 e. The highest BCUT2D eigenvalue weighted by Gasteiger charge is 2.23. The van der Waals surface area contributed by atoms with Crippen molar-refractivity contribution in [2.45, 2.75) is 117 Å². The zero-order valence-electron chi connectivity index (χ0n) is 26.3. The minimum atomic E-state index is -0.0726. The van der Waals surface area contributed by atoms with Gasteiger partial charge in [0.1, 0.15) is 17.9 Å². The van der Waals surface area contributed by atoms with E-state index >= 15 is 0 Å². The first kappa shape index (κ1) is 32.4. The van der Waals surface area contributed by atoms with Crippen LogP contribution in [0.2, 0.25) is 0 Å². The van der Waals surface area contributed by atoms with Crippen LogP contribution in [-0.2, 0) is 18.5 Å². The van der Waals surface area contributed by atoms with Crippen LogP contribution in [0.5, 0.6) is 5.75 Å². The van der Waals surface area contributed by atoms with Crippen LogP contribution in [0.1, 0.15) is 120 Å². The molecule has 4 nitrogen and oxygen atoms in total. The molecule has 0 atom stereocenters. The number of hydrogen-bond acceptors (Lipinski definition) is 2. The molecular weight excluding hydrogens is 504 g/mol. The highest BCUT2D eigenvalue weighted by molar-refractivity contribution is 6.05. The van der Waals surface area contributed by atoms with Gasteiger partial charge in [0.25, 0.3) is 5.91 Å². The van der Waals surface area contributed by atoms with Gasteiger partial charge in [0.05, 0.1) is 13.2 Å². The quantitative estimate of drug-likeness (QED) is 0.122. The minimum absolute atomic E-state index is 0.00223. The molecule has 0 saturated carbocycles. The number of nitrogens with zero attached hydrogens (tertiary/aromatic N) is 2. The van der Waals surface area contributed by atoms with Crippen molar-refractivity contribution in [2.75, 3.05) is 11.5 Å². The van der Waals surface area contributed by atoms with Gasteiger partial charge in [-0.1, -0.05) is 110 Å². The van der Waals surface area contributed by atoms with Crippen molar-refractivity contribution in [2.24, 2.45) is 0 Å². The summed E-state index contributed by atoms with van der Waals surface area (Å²) >= 11 is 0. The van der Waals surface area contributed by atoms with Crippen LogP contribution < -0.4 is 14.2 Å². The van der Waals surface area contributed by atoms with E-state index in [1.165, 1.54) is 63.4 Å². The Labute approximate surface area is 249 Å². The molecule has 0 aliphatic heterocycles. The fraction of sp³-hybridized carbons (Fsp3) is 0.514. The van der Waals surface area contributed by atoms with Gasteiger partial charge < -0.3 is 9.64 Å². The van der Waals surface area contributed by atoms with E-state index in [1.54, 1.807) is 0 Å². The second-order valence-corrected chi connectivity index (χ2v) is 12.3. The Balaban J connectivity index is 1.65. The average Bonchev–Trinajstić information content (AvgIpc) is 2.98. The van der Waals surface area contributed by atoms with E-state index in [-0.39, 0.29) is 11.3 Å². The number of benzene rings is 2. The topological polar surface area (TPSA) is 33.4 Å². The number of hydrogen-bond donors (Lipinski definition) is 0. The maximum Gasteiger partial charge on any atom is 0.264 e. The standard InChI is InChI=1S/C37H53N2O2/c1-6-8-9-10-11-12-13-14-15-19-27-41-35-25-24-31(28-34(35)37(3,4)5)29-39(33-22-17-16-18-23-33)36(40)32-21-20-26-38(7-2)30-32/h16-18,20-26,28,30H,6-15,19,27,29H2,1-5H3/q+1. The van der Waals surface area contributed by atoms with Crippen LogP contribution in [0.25, 0.3) is 0 Å². The van der Waals surface area contributed by atoms with Crippen LogP contribution in [-0.4, -0.2) is 12.5 Å². The van der Waals surface area contributed by atoms with Gasteiger partial charge >= 0.3 is 0 Å². The van der Waals surface area contributed by atoms with E-state index in [9.17, 15) is 4.79 Å². The average molecular weight is 558 g/mol. The number of anilines is 1. The predicted molar refractivity (Wildman–Crippen MR) is 172 cm³/mol. The Bertz CT molecular complexity index is 1180. The van der Waals surface area contributed by atoms with Gasteiger partial charge in [-0.15, -0.1) is 0 Å². The summed E-state index contributed by atoms with van der Waals surface area (Å²) in [5.74, 6) is 0.958. The van der Waals surface area contributed by atoms with Crippen molar-refractivity contribution < 1.29 is 14.1 Å². The Morgan fingerprint density at radius 2 is 1.46 bits per heavy atom. The van der Waals surface area contributed by atoms with E-state index < -0.39 is 0 Å². The largest absolute Gasteiger partial charge is 0.493 e. The third kappa shape index (κ3) is 10.6. The maximum atomic E-state index is 13.8. The van der Waals surface area contributed by atoms with Crippen LogP contribution in [0.15, 0.2) is 73.1 Å². The molecule has 3 aromatic rings. The molecule has 3 rings (SSSR count). The zero-order valence-corrected chi connectivity index (χ0v) is 26.3. The number of aromatic nitrogens is 1. The summed E-state index contributed by atoms with van der Waals surface area (Å²) in [6.07, 6.45) is 17.1. The van der Waals surface area contributed by atoms with Gasteiger partial charge in [0, 0.05) is 11.8 Å². The number of aryl methyl sites for hydroxylation is 1. The van der Waals surface area contributed by atoms with E-state index in [0.717, 1.165) is 36.6 Å². The molecule has 0 unspecified atom stereocenters. The fourth-order valence-corrected chi connectivity index (χ4v) is 5.23. The molecule has 1 aromatic heterocycles. The van der Waals surface area contributed by atoms with Crippen molar-refractivity contribution in [1.29, 1.82) is 0 Å². The number of pyridine rings is 1. The third-order valence-corrected chi connectivity index (χ3v) is 7.73. The normalized spacial score (nSPS) is 11.4. The monoisotopic (exact) mass is 557 g/mol. The Morgan fingerprint density at radius 3 is 2.10 bits per heavy atom. The molecule has 1 amide bonds. The van der Waals surface area contributed by atoms with Gasteiger partial charge in [0.2, 0.25) is 0 Å². The van der Waals surface area contributed by atoms with Gasteiger partial charge in [-0.25, -0.2) is 4.57 Å². The molecule has 0 radical (unpaired) electrons. The Kier molecular flexibility index (Phi) is 13.4. The number of carbonyl (C=O) groups excluding carboxylic acids is 1. The molecule has 0 aliphatic carbocycles. The molecule has 0 saturated heterocycles. The summed E-state index contributed by atoms with van der Waals surface area (Å²) in [7, 11) is 0. The summed E-state index contributed by atoms with van der Waals surface area (Å²) in [5.41, 5.74) is 3.79. The van der Waals surface area contributed by atoms with Crippen LogP contribution in [0.4, 0.5) is 5.69 Å². The van der Waals surface area contributed by atoms with Crippen LogP contribution in [0.3, 0.4) is 0 Å². The smallest absolute Gasteiger partial charge is 0.264 e. The number of unbranched alkanes of at least 4 members (excludes halogenated alkanes) is 9. The summed E-state index contributed by atoms with van der Waals surface area (Å²) in [6.45, 7) is 13.1. The Hall–Kier alpha value is -3.14. The maximum absolute atomic E-state index is 13.8. The predicted octanol–water partition coefficient (Wildman–Crippen LogP) is 9.44. The molecule has 0 spiro atoms. The number of para-hydroxylation sites is 1. The van der Waals surface area contributed by atoms with Crippen molar-refractivity contribution in [3.8, 4) is 5.75 Å². The fourth-order valence-electron chi connectivity index (χ4n) is 5.23. The molecule has 222 valence electrons. The lowest BCUT2D eigenvalue weighted by molar-refractivity contribution is -0.693. The van der Waals surface area contributed by atoms with E-state index in [4.69, 9.17) is 4.74 Å². The molecule has 1 heterocycles. The lowest BCUT2D eigenvalue weighted by Gasteiger charge is -2.26. The second kappa shape index (κ2) is 17.0. The number of amides is 1. The molecule has 4 heteroatoms. The first-order valence-electron chi connectivity index (χ1n) is 16.0. The number of carbonyl (C=O) groups is 1. The number of ether oxygens (including phenoxy) is 1. The summed E-state index contributed by atoms with van der Waals surface area (Å²) in [4.78, 5) is 15.7. The molecular formula is C37H53N2O2+. The SMILES string of the molecule is CCCCCCCCCCCCOc1ccc(CN(C(=O)c2ccc[n+](CC)c2)c2ccccc2)cc1C(C)(C)C. The van der Waals surface area contributed by atoms with Gasteiger partial charge in [-0.05, 0) is 60.2 Å². The lowest BCUT2D eigenvalue weighted by atomic mass is 9.85. The Morgan fingerprint density at radius 1 is 0.805 bits per heavy atom. The third-order valence-electron chi connectivity index (χ3n) is 7.73. The van der Waals surface area contributed by atoms with Gasteiger partial charge in [-0.3, -0.25) is 4.79 Å². The lowest BCUT2D eigenvalue weighted by Crippen LogP contribution is -2.36. The van der Waals surface area contributed by atoms with Gasteiger partial charge in [-0.2, -0.15) is 0 Å². The van der Waals surface area contributed by atoms with Crippen molar-refractivity contribution in [1.82, 2.24) is 0 Å². The summed E-state index contributed by atoms with van der Waals surface area (Å²) in [5, 5.41) is 0. The molecule has 2 aromatic carbocycles. The number of rotatable bonds is 17. The van der Waals surface area contributed by atoms with Crippen LogP contribution >= 0.6 is 0 Å². The highest BCUT2D eigenvalue weighted by Crippen LogP contribution is 2.33. The highest BCUT2D eigenvalue weighted by atomic mass is 16.5. The molecule has 0 N–H and O–H groups in total. The second-order valence-electron chi connectivity index (χ2n) is 12.3. The zero-order chi connectivity index (χ0) is 29.5. The molecule has 0 bridgehead atoms. The van der Waals surface area contributed by atoms with Gasteiger partial charge in [0.15, 0.2) is 12.4 Å². The first-order chi connectivity index (χ1) is 19.8. The van der Waals surface area contributed by atoms with E-state index in [2.05, 4.69) is 52.8 Å². The first-order valence-corrected chi connectivity index (χ1v) is 16.0. The molecule has 0 fully saturated rings. The van der Waals surface area contributed by atoms with Crippen molar-refractivity contribution >= 4 is 11.6 Å². The van der Waals surface area contributed by atoms with E-state index in [0.29, 0.717) is 12.1 Å².